The van der Waals surface area contributed by atoms with Crippen LogP contribution >= 0.6 is 22.9 Å². The van der Waals surface area contributed by atoms with Crippen molar-refractivity contribution in [3.63, 3.8) is 0 Å². The van der Waals surface area contributed by atoms with E-state index in [1.807, 2.05) is 31.4 Å². The molecule has 31 heavy (non-hydrogen) atoms. The van der Waals surface area contributed by atoms with Crippen LogP contribution in [0.5, 0.6) is 5.75 Å². The molecule has 0 spiro atoms. The number of aliphatic hydroxyl groups is 1. The number of benzene rings is 2. The molecular formula is C24H20ClNO4S. The van der Waals surface area contributed by atoms with Crippen LogP contribution < -0.4 is 9.64 Å². The highest BCUT2D eigenvalue weighted by atomic mass is 35.5. The number of hydrogen-bond donors (Lipinski definition) is 1. The van der Waals surface area contributed by atoms with Gasteiger partial charge in [0.15, 0.2) is 0 Å². The molecule has 0 bridgehead atoms. The molecule has 1 aliphatic heterocycles. The van der Waals surface area contributed by atoms with Gasteiger partial charge < -0.3 is 9.84 Å². The van der Waals surface area contributed by atoms with E-state index in [1.165, 1.54) is 16.2 Å². The number of rotatable bonds is 4. The van der Waals surface area contributed by atoms with Crippen LogP contribution in [-0.4, -0.2) is 23.9 Å². The topological polar surface area (TPSA) is 66.8 Å². The van der Waals surface area contributed by atoms with Crippen molar-refractivity contribution in [3.05, 3.63) is 86.1 Å². The molecule has 1 aromatic heterocycles. The number of aryl methyl sites for hydroxylation is 2. The van der Waals surface area contributed by atoms with E-state index in [1.54, 1.807) is 43.5 Å². The second-order valence-electron chi connectivity index (χ2n) is 7.30. The van der Waals surface area contributed by atoms with Crippen LogP contribution in [0, 0.1) is 13.8 Å². The molecule has 5 nitrogen and oxygen atoms in total. The molecule has 3 aromatic rings. The van der Waals surface area contributed by atoms with Gasteiger partial charge in [0.1, 0.15) is 17.6 Å². The molecule has 1 amide bonds. The number of methoxy groups -OCH3 is 1. The van der Waals surface area contributed by atoms with Gasteiger partial charge in [0.05, 0.1) is 12.7 Å². The number of nitrogens with zero attached hydrogens (tertiary/aromatic N) is 1. The molecule has 7 heteroatoms. The Hall–Kier alpha value is -3.09. The van der Waals surface area contributed by atoms with E-state index in [4.69, 9.17) is 16.3 Å². The first kappa shape index (κ1) is 21.2. The highest BCUT2D eigenvalue weighted by Gasteiger charge is 2.47. The summed E-state index contributed by atoms with van der Waals surface area (Å²) in [6, 6.07) is 13.3. The van der Waals surface area contributed by atoms with E-state index in [2.05, 4.69) is 0 Å². The Morgan fingerprint density at radius 1 is 1.10 bits per heavy atom. The number of hydrogen-bond acceptors (Lipinski definition) is 5. The Balaban J connectivity index is 1.93. The Bertz CT molecular complexity index is 1220. The van der Waals surface area contributed by atoms with E-state index in [-0.39, 0.29) is 11.3 Å². The average molecular weight is 454 g/mol. The molecule has 158 valence electrons. The minimum atomic E-state index is -0.734. The fourth-order valence-electron chi connectivity index (χ4n) is 3.87. The maximum absolute atomic E-state index is 13.1. The van der Waals surface area contributed by atoms with Crippen molar-refractivity contribution < 1.29 is 19.4 Å². The minimum Gasteiger partial charge on any atom is -0.507 e. The molecule has 1 fully saturated rings. The van der Waals surface area contributed by atoms with Crippen LogP contribution in [0.3, 0.4) is 0 Å². The third-order valence-electron chi connectivity index (χ3n) is 5.34. The standard InChI is InChI=1S/C24H20ClNO4S/c1-13-12-16(25)7-8-17(13)26-21(19-5-4-10-31-19)20(23(28)24(26)29)22(27)15-6-9-18(30-3)14(2)11-15/h4-12,21,27H,1-3H3/b22-20-. The molecule has 2 heterocycles. The summed E-state index contributed by atoms with van der Waals surface area (Å²) in [7, 11) is 1.57. The van der Waals surface area contributed by atoms with Gasteiger partial charge in [0.25, 0.3) is 11.7 Å². The van der Waals surface area contributed by atoms with Crippen molar-refractivity contribution in [1.82, 2.24) is 0 Å². The number of thiophene rings is 1. The Morgan fingerprint density at radius 2 is 1.87 bits per heavy atom. The van der Waals surface area contributed by atoms with Gasteiger partial charge in [-0.2, -0.15) is 0 Å². The summed E-state index contributed by atoms with van der Waals surface area (Å²) >= 11 is 7.52. The molecule has 1 saturated heterocycles. The van der Waals surface area contributed by atoms with Crippen LogP contribution in [-0.2, 0) is 9.59 Å². The molecule has 1 unspecified atom stereocenters. The van der Waals surface area contributed by atoms with Crippen LogP contribution in [0.15, 0.2) is 59.5 Å². The number of aliphatic hydroxyl groups excluding tert-OH is 1. The van der Waals surface area contributed by atoms with Crippen molar-refractivity contribution in [2.45, 2.75) is 19.9 Å². The fourth-order valence-corrected chi connectivity index (χ4v) is 4.92. The van der Waals surface area contributed by atoms with Crippen molar-refractivity contribution in [3.8, 4) is 5.75 Å². The van der Waals surface area contributed by atoms with Crippen molar-refractivity contribution in [1.29, 1.82) is 0 Å². The molecule has 1 aliphatic rings. The number of Topliss-reactive ketones (excluding diaryl/α,β-unsaturated/α-hetero) is 1. The van der Waals surface area contributed by atoms with Crippen molar-refractivity contribution >= 4 is 46.1 Å². The number of ketones is 1. The third kappa shape index (κ3) is 3.62. The van der Waals surface area contributed by atoms with Gasteiger partial charge in [-0.1, -0.05) is 17.7 Å². The first-order valence-corrected chi connectivity index (χ1v) is 10.8. The zero-order valence-corrected chi connectivity index (χ0v) is 18.8. The molecule has 0 aliphatic carbocycles. The highest BCUT2D eigenvalue weighted by molar-refractivity contribution is 7.10. The minimum absolute atomic E-state index is 0.0615. The van der Waals surface area contributed by atoms with E-state index < -0.39 is 17.7 Å². The van der Waals surface area contributed by atoms with Crippen molar-refractivity contribution in [2.24, 2.45) is 0 Å². The number of halogens is 1. The highest BCUT2D eigenvalue weighted by Crippen LogP contribution is 2.44. The SMILES string of the molecule is COc1ccc(/C(O)=C2/C(=O)C(=O)N(c3ccc(Cl)cc3C)C2c2cccs2)cc1C. The zero-order valence-electron chi connectivity index (χ0n) is 17.2. The smallest absolute Gasteiger partial charge is 0.300 e. The summed E-state index contributed by atoms with van der Waals surface area (Å²) in [4.78, 5) is 28.5. The Labute approximate surface area is 189 Å². The van der Waals surface area contributed by atoms with Gasteiger partial charge >= 0.3 is 0 Å². The van der Waals surface area contributed by atoms with Gasteiger partial charge in [-0.15, -0.1) is 11.3 Å². The van der Waals surface area contributed by atoms with Gasteiger partial charge in [0.2, 0.25) is 0 Å². The Morgan fingerprint density at radius 3 is 2.48 bits per heavy atom. The van der Waals surface area contributed by atoms with Gasteiger partial charge in [-0.05, 0) is 72.8 Å². The summed E-state index contributed by atoms with van der Waals surface area (Å²) in [5.41, 5.74) is 2.66. The lowest BCUT2D eigenvalue weighted by Crippen LogP contribution is -2.29. The monoisotopic (exact) mass is 453 g/mol. The summed E-state index contributed by atoms with van der Waals surface area (Å²) in [5.74, 6) is -0.949. The van der Waals surface area contributed by atoms with E-state index in [0.717, 1.165) is 16.0 Å². The lowest BCUT2D eigenvalue weighted by atomic mass is 9.98. The zero-order chi connectivity index (χ0) is 22.3. The normalized spacial score (nSPS) is 17.9. The second kappa shape index (κ2) is 8.21. The number of ether oxygens (including phenoxy) is 1. The second-order valence-corrected chi connectivity index (χ2v) is 8.72. The predicted molar refractivity (Wildman–Crippen MR) is 123 cm³/mol. The summed E-state index contributed by atoms with van der Waals surface area (Å²) < 4.78 is 5.29. The van der Waals surface area contributed by atoms with E-state index in [9.17, 15) is 14.7 Å². The maximum Gasteiger partial charge on any atom is 0.300 e. The average Bonchev–Trinajstić information content (AvgIpc) is 3.35. The first-order valence-electron chi connectivity index (χ1n) is 9.59. The van der Waals surface area contributed by atoms with E-state index in [0.29, 0.717) is 22.0 Å². The molecular weight excluding hydrogens is 434 g/mol. The predicted octanol–water partition coefficient (Wildman–Crippen LogP) is 5.65. The van der Waals surface area contributed by atoms with Crippen molar-refractivity contribution in [2.75, 3.05) is 12.0 Å². The maximum atomic E-state index is 13.1. The summed E-state index contributed by atoms with van der Waals surface area (Å²) in [6.45, 7) is 3.68. The van der Waals surface area contributed by atoms with Crippen LogP contribution in [0.4, 0.5) is 5.69 Å². The number of carbonyl (C=O) groups excluding carboxylic acids is 2. The third-order valence-corrected chi connectivity index (χ3v) is 6.50. The van der Waals surface area contributed by atoms with Gasteiger partial charge in [0, 0.05) is 21.2 Å². The number of amides is 1. The molecule has 0 radical (unpaired) electrons. The largest absolute Gasteiger partial charge is 0.507 e. The molecule has 0 saturated carbocycles. The van der Waals surface area contributed by atoms with Gasteiger partial charge in [-0.3, -0.25) is 14.5 Å². The lowest BCUT2D eigenvalue weighted by molar-refractivity contribution is -0.132. The first-order chi connectivity index (χ1) is 14.8. The van der Waals surface area contributed by atoms with Crippen LogP contribution in [0.1, 0.15) is 27.6 Å². The Kier molecular flexibility index (Phi) is 5.60. The number of anilines is 1. The molecule has 1 atom stereocenters. The quantitative estimate of drug-likeness (QED) is 0.315. The van der Waals surface area contributed by atoms with Gasteiger partial charge in [-0.25, -0.2) is 0 Å². The number of carbonyl (C=O) groups is 2. The summed E-state index contributed by atoms with van der Waals surface area (Å²) in [5, 5.41) is 13.6. The van der Waals surface area contributed by atoms with Crippen LogP contribution in [0.2, 0.25) is 5.02 Å². The molecule has 1 N–H and O–H groups in total. The molecule has 2 aromatic carbocycles. The fraction of sp³-hybridized carbons (Fsp3) is 0.167. The molecule has 4 rings (SSSR count). The van der Waals surface area contributed by atoms with Crippen LogP contribution in [0.25, 0.3) is 5.76 Å². The van der Waals surface area contributed by atoms with E-state index >= 15 is 0 Å². The lowest BCUT2D eigenvalue weighted by Gasteiger charge is -2.25. The summed E-state index contributed by atoms with van der Waals surface area (Å²) in [6.07, 6.45) is 0.